The predicted octanol–water partition coefficient (Wildman–Crippen LogP) is 5.83. The van der Waals surface area contributed by atoms with Crippen molar-refractivity contribution < 1.29 is 0 Å². The molecule has 116 valence electrons. The van der Waals surface area contributed by atoms with Crippen LogP contribution in [0.15, 0.2) is 91.0 Å². The highest BCUT2D eigenvalue weighted by atomic mass is 14.9. The number of nitrogens with one attached hydrogen (secondary N) is 1. The number of nitrogen functional groups attached to an aromatic ring is 1. The Morgan fingerprint density at radius 3 is 2.17 bits per heavy atom. The number of hydrogen-bond acceptors (Lipinski definition) is 2. The van der Waals surface area contributed by atoms with E-state index in [1.165, 1.54) is 16.3 Å². The van der Waals surface area contributed by atoms with Gasteiger partial charge in [-0.1, -0.05) is 78.9 Å². The molecule has 4 aromatic rings. The first-order chi connectivity index (χ1) is 11.8. The summed E-state index contributed by atoms with van der Waals surface area (Å²) in [6.45, 7) is 0. The van der Waals surface area contributed by atoms with Crippen LogP contribution in [-0.2, 0) is 0 Å². The maximum atomic E-state index is 6.14. The highest BCUT2D eigenvalue weighted by Gasteiger charge is 2.10. The van der Waals surface area contributed by atoms with Crippen LogP contribution >= 0.6 is 0 Å². The molecule has 4 aromatic carbocycles. The Morgan fingerprint density at radius 1 is 0.625 bits per heavy atom. The number of anilines is 3. The Morgan fingerprint density at radius 2 is 1.33 bits per heavy atom. The number of para-hydroxylation sites is 2. The Balaban J connectivity index is 1.95. The summed E-state index contributed by atoms with van der Waals surface area (Å²) in [4.78, 5) is 0. The van der Waals surface area contributed by atoms with Gasteiger partial charge in [0.25, 0.3) is 0 Å². The third-order valence-corrected chi connectivity index (χ3v) is 4.23. The van der Waals surface area contributed by atoms with E-state index in [9.17, 15) is 0 Å². The van der Waals surface area contributed by atoms with Gasteiger partial charge in [0.1, 0.15) is 0 Å². The molecule has 0 unspecified atom stereocenters. The van der Waals surface area contributed by atoms with Crippen LogP contribution in [0.25, 0.3) is 21.9 Å². The number of nitrogens with two attached hydrogens (primary N) is 1. The van der Waals surface area contributed by atoms with Crippen molar-refractivity contribution in [2.24, 2.45) is 0 Å². The smallest absolute Gasteiger partial charge is 0.0618 e. The molecule has 24 heavy (non-hydrogen) atoms. The summed E-state index contributed by atoms with van der Waals surface area (Å²) in [5.74, 6) is 0. The van der Waals surface area contributed by atoms with Crippen molar-refractivity contribution in [2.75, 3.05) is 11.1 Å². The van der Waals surface area contributed by atoms with Gasteiger partial charge in [-0.05, 0) is 23.1 Å². The summed E-state index contributed by atoms with van der Waals surface area (Å²) in [6.07, 6.45) is 0. The highest BCUT2D eigenvalue weighted by molar-refractivity contribution is 6.03. The molecule has 0 aliphatic rings. The molecule has 0 aromatic heterocycles. The van der Waals surface area contributed by atoms with Crippen LogP contribution in [0.3, 0.4) is 0 Å². The van der Waals surface area contributed by atoms with E-state index in [-0.39, 0.29) is 0 Å². The quantitative estimate of drug-likeness (QED) is 0.467. The maximum absolute atomic E-state index is 6.14. The molecule has 0 bridgehead atoms. The summed E-state index contributed by atoms with van der Waals surface area (Å²) in [5.41, 5.74) is 11.2. The number of rotatable bonds is 3. The first-order valence-corrected chi connectivity index (χ1v) is 8.01. The molecule has 2 nitrogen and oxygen atoms in total. The second kappa shape index (κ2) is 6.09. The molecule has 0 heterocycles. The Labute approximate surface area is 141 Å². The number of hydrogen-bond donors (Lipinski definition) is 2. The van der Waals surface area contributed by atoms with Crippen molar-refractivity contribution in [3.05, 3.63) is 91.0 Å². The van der Waals surface area contributed by atoms with E-state index in [1.54, 1.807) is 0 Å². The van der Waals surface area contributed by atoms with Crippen LogP contribution in [0.1, 0.15) is 0 Å². The number of fused-ring (bicyclic) bond motifs is 1. The molecule has 3 N–H and O–H groups in total. The van der Waals surface area contributed by atoms with Crippen LogP contribution in [0, 0.1) is 0 Å². The van der Waals surface area contributed by atoms with Gasteiger partial charge in [-0.15, -0.1) is 0 Å². The molecule has 0 saturated heterocycles. The van der Waals surface area contributed by atoms with Crippen molar-refractivity contribution in [3.8, 4) is 11.1 Å². The molecule has 2 heteroatoms. The van der Waals surface area contributed by atoms with Crippen molar-refractivity contribution in [1.29, 1.82) is 0 Å². The molecule has 4 rings (SSSR count). The lowest BCUT2D eigenvalue weighted by molar-refractivity contribution is 1.55. The summed E-state index contributed by atoms with van der Waals surface area (Å²) < 4.78 is 0. The van der Waals surface area contributed by atoms with Crippen LogP contribution in [0.4, 0.5) is 17.1 Å². The van der Waals surface area contributed by atoms with Gasteiger partial charge in [0.05, 0.1) is 17.1 Å². The van der Waals surface area contributed by atoms with Crippen LogP contribution in [0.2, 0.25) is 0 Å². The fraction of sp³-hybridized carbons (Fsp3) is 0. The minimum absolute atomic E-state index is 0.740. The molecular weight excluding hydrogens is 292 g/mol. The second-order valence-corrected chi connectivity index (χ2v) is 5.79. The van der Waals surface area contributed by atoms with E-state index in [0.717, 1.165) is 22.6 Å². The van der Waals surface area contributed by atoms with E-state index >= 15 is 0 Å². The van der Waals surface area contributed by atoms with Crippen molar-refractivity contribution in [3.63, 3.8) is 0 Å². The fourth-order valence-corrected chi connectivity index (χ4v) is 3.01. The van der Waals surface area contributed by atoms with E-state index in [1.807, 2.05) is 30.3 Å². The zero-order chi connectivity index (χ0) is 16.4. The molecule has 0 amide bonds. The second-order valence-electron chi connectivity index (χ2n) is 5.79. The van der Waals surface area contributed by atoms with Crippen molar-refractivity contribution in [1.82, 2.24) is 0 Å². The lowest BCUT2D eigenvalue weighted by atomic mass is 9.98. The molecule has 0 spiro atoms. The lowest BCUT2D eigenvalue weighted by Crippen LogP contribution is -1.98. The molecule has 0 aliphatic heterocycles. The summed E-state index contributed by atoms with van der Waals surface area (Å²) in [7, 11) is 0. The first-order valence-electron chi connectivity index (χ1n) is 8.01. The van der Waals surface area contributed by atoms with E-state index < -0.39 is 0 Å². The van der Waals surface area contributed by atoms with E-state index in [2.05, 4.69) is 66.0 Å². The average molecular weight is 310 g/mol. The van der Waals surface area contributed by atoms with Gasteiger partial charge in [-0.3, -0.25) is 0 Å². The molecule has 0 atom stereocenters. The predicted molar refractivity (Wildman–Crippen MR) is 104 cm³/mol. The highest BCUT2D eigenvalue weighted by Crippen LogP contribution is 2.37. The summed E-state index contributed by atoms with van der Waals surface area (Å²) in [5, 5.41) is 5.94. The zero-order valence-corrected chi connectivity index (χ0v) is 13.2. The molecule has 0 saturated carbocycles. The third kappa shape index (κ3) is 2.59. The van der Waals surface area contributed by atoms with Crippen LogP contribution in [-0.4, -0.2) is 0 Å². The normalized spacial score (nSPS) is 10.7. The van der Waals surface area contributed by atoms with Gasteiger partial charge in [-0.25, -0.2) is 0 Å². The van der Waals surface area contributed by atoms with Gasteiger partial charge in [0.2, 0.25) is 0 Å². The molecular formula is C22H18N2. The monoisotopic (exact) mass is 310 g/mol. The topological polar surface area (TPSA) is 38.0 Å². The first kappa shape index (κ1) is 14.3. The number of benzene rings is 4. The van der Waals surface area contributed by atoms with Gasteiger partial charge >= 0.3 is 0 Å². The molecule has 0 radical (unpaired) electrons. The van der Waals surface area contributed by atoms with Crippen molar-refractivity contribution >= 4 is 27.8 Å². The summed E-state index contributed by atoms with van der Waals surface area (Å²) >= 11 is 0. The van der Waals surface area contributed by atoms with Gasteiger partial charge in [0.15, 0.2) is 0 Å². The van der Waals surface area contributed by atoms with Crippen LogP contribution < -0.4 is 11.1 Å². The zero-order valence-electron chi connectivity index (χ0n) is 13.2. The minimum atomic E-state index is 0.740. The van der Waals surface area contributed by atoms with E-state index in [0.29, 0.717) is 0 Å². The Kier molecular flexibility index (Phi) is 3.64. The molecule has 0 fully saturated rings. The lowest BCUT2D eigenvalue weighted by Gasteiger charge is -2.17. The SMILES string of the molecule is Nc1ccccc1Nc1c(-c2ccccc2)ccc2ccccc12. The van der Waals surface area contributed by atoms with Gasteiger partial charge in [-0.2, -0.15) is 0 Å². The third-order valence-electron chi connectivity index (χ3n) is 4.23. The average Bonchev–Trinajstić information content (AvgIpc) is 2.64. The maximum Gasteiger partial charge on any atom is 0.0618 e. The van der Waals surface area contributed by atoms with Crippen LogP contribution in [0.5, 0.6) is 0 Å². The summed E-state index contributed by atoms with van der Waals surface area (Å²) in [6, 6.07) is 31.0. The van der Waals surface area contributed by atoms with E-state index in [4.69, 9.17) is 5.73 Å². The minimum Gasteiger partial charge on any atom is -0.397 e. The van der Waals surface area contributed by atoms with Crippen molar-refractivity contribution in [2.45, 2.75) is 0 Å². The van der Waals surface area contributed by atoms with Gasteiger partial charge < -0.3 is 11.1 Å². The standard InChI is InChI=1S/C22H18N2/c23-20-12-6-7-13-21(20)24-22-18-11-5-4-10-17(18)14-15-19(22)16-8-2-1-3-9-16/h1-15,24H,23H2. The largest absolute Gasteiger partial charge is 0.397 e. The Hall–Kier alpha value is -3.26. The Bertz CT molecular complexity index is 991. The fourth-order valence-electron chi connectivity index (χ4n) is 3.01. The van der Waals surface area contributed by atoms with Gasteiger partial charge in [0, 0.05) is 10.9 Å². The molecule has 0 aliphatic carbocycles.